The number of hydrogen-bond acceptors (Lipinski definition) is 4. The summed E-state index contributed by atoms with van der Waals surface area (Å²) in [6.45, 7) is 1.04. The molecule has 0 unspecified atom stereocenters. The average molecular weight is 322 g/mol. The van der Waals surface area contributed by atoms with E-state index in [0.717, 1.165) is 17.2 Å². The van der Waals surface area contributed by atoms with Gasteiger partial charge in [0.05, 0.1) is 19.4 Å². The first-order valence-corrected chi connectivity index (χ1v) is 7.89. The number of aromatic nitrogens is 5. The first-order chi connectivity index (χ1) is 11.7. The van der Waals surface area contributed by atoms with Crippen molar-refractivity contribution in [2.75, 3.05) is 7.05 Å². The topological polar surface area (TPSA) is 68.8 Å². The third-order valence-corrected chi connectivity index (χ3v) is 4.34. The maximum atomic E-state index is 12.8. The highest BCUT2D eigenvalue weighted by atomic mass is 16.2. The van der Waals surface area contributed by atoms with Crippen molar-refractivity contribution < 1.29 is 4.79 Å². The standard InChI is InChI=1S/C17H18N6O/c1-21-10-15-19-20-16(11-22-8-7-18-12-22)23(15)14(17(21)24)9-13-5-3-2-4-6-13/h2-8,12,14H,9-11H2,1H3/t14-/m1/s1. The van der Waals surface area contributed by atoms with E-state index in [0.29, 0.717) is 19.5 Å². The molecule has 122 valence electrons. The van der Waals surface area contributed by atoms with Crippen LogP contribution in [0.25, 0.3) is 0 Å². The van der Waals surface area contributed by atoms with Crippen molar-refractivity contribution in [2.45, 2.75) is 25.6 Å². The molecule has 1 aliphatic rings. The largest absolute Gasteiger partial charge is 0.336 e. The molecule has 1 aromatic carbocycles. The maximum Gasteiger partial charge on any atom is 0.246 e. The second-order valence-electron chi connectivity index (χ2n) is 6.04. The summed E-state index contributed by atoms with van der Waals surface area (Å²) in [4.78, 5) is 18.6. The van der Waals surface area contributed by atoms with E-state index in [9.17, 15) is 4.79 Å². The van der Waals surface area contributed by atoms with E-state index in [4.69, 9.17) is 0 Å². The Morgan fingerprint density at radius 3 is 2.79 bits per heavy atom. The lowest BCUT2D eigenvalue weighted by molar-refractivity contribution is -0.136. The van der Waals surface area contributed by atoms with Gasteiger partial charge >= 0.3 is 0 Å². The lowest BCUT2D eigenvalue weighted by Crippen LogP contribution is -2.42. The normalized spacial score (nSPS) is 17.1. The lowest BCUT2D eigenvalue weighted by atomic mass is 10.0. The Labute approximate surface area is 139 Å². The molecular formula is C17H18N6O. The van der Waals surface area contributed by atoms with Gasteiger partial charge in [0, 0.05) is 25.9 Å². The molecule has 2 aromatic heterocycles. The lowest BCUT2D eigenvalue weighted by Gasteiger charge is -2.31. The quantitative estimate of drug-likeness (QED) is 0.725. The van der Waals surface area contributed by atoms with Crippen LogP contribution < -0.4 is 0 Å². The number of carbonyl (C=O) groups excluding carboxylic acids is 1. The van der Waals surface area contributed by atoms with Crippen LogP contribution in [0.4, 0.5) is 0 Å². The van der Waals surface area contributed by atoms with Crippen LogP contribution in [0.2, 0.25) is 0 Å². The first-order valence-electron chi connectivity index (χ1n) is 7.89. The van der Waals surface area contributed by atoms with Gasteiger partial charge in [-0.25, -0.2) is 4.98 Å². The van der Waals surface area contributed by atoms with Gasteiger partial charge in [0.2, 0.25) is 5.91 Å². The van der Waals surface area contributed by atoms with Crippen LogP contribution >= 0.6 is 0 Å². The van der Waals surface area contributed by atoms with Gasteiger partial charge in [-0.05, 0) is 5.56 Å². The number of amides is 1. The fourth-order valence-electron chi connectivity index (χ4n) is 3.15. The van der Waals surface area contributed by atoms with Crippen molar-refractivity contribution in [2.24, 2.45) is 0 Å². The molecule has 0 saturated heterocycles. The summed E-state index contributed by atoms with van der Waals surface area (Å²) in [7, 11) is 1.81. The fraction of sp³-hybridized carbons (Fsp3) is 0.294. The molecular weight excluding hydrogens is 304 g/mol. The molecule has 3 heterocycles. The first kappa shape index (κ1) is 14.6. The number of fused-ring (bicyclic) bond motifs is 1. The molecule has 4 rings (SSSR count). The molecule has 7 nitrogen and oxygen atoms in total. The van der Waals surface area contributed by atoms with Crippen LogP contribution in [0.15, 0.2) is 49.1 Å². The van der Waals surface area contributed by atoms with Gasteiger partial charge in [-0.2, -0.15) is 0 Å². The molecule has 1 amide bonds. The van der Waals surface area contributed by atoms with E-state index in [1.165, 1.54) is 0 Å². The molecule has 0 aliphatic carbocycles. The van der Waals surface area contributed by atoms with E-state index >= 15 is 0 Å². The number of rotatable bonds is 4. The summed E-state index contributed by atoms with van der Waals surface area (Å²) >= 11 is 0. The van der Waals surface area contributed by atoms with Gasteiger partial charge in [0.15, 0.2) is 11.6 Å². The molecule has 24 heavy (non-hydrogen) atoms. The van der Waals surface area contributed by atoms with Crippen LogP contribution in [0.3, 0.4) is 0 Å². The Morgan fingerprint density at radius 2 is 2.04 bits per heavy atom. The summed E-state index contributed by atoms with van der Waals surface area (Å²) in [6.07, 6.45) is 5.98. The Kier molecular flexibility index (Phi) is 3.60. The Bertz CT molecular complexity index is 839. The van der Waals surface area contributed by atoms with Crippen molar-refractivity contribution >= 4 is 5.91 Å². The molecule has 1 aliphatic heterocycles. The van der Waals surface area contributed by atoms with E-state index in [1.807, 2.05) is 52.7 Å². The van der Waals surface area contributed by atoms with Crippen molar-refractivity contribution in [3.8, 4) is 0 Å². The van der Waals surface area contributed by atoms with E-state index < -0.39 is 0 Å². The molecule has 0 radical (unpaired) electrons. The van der Waals surface area contributed by atoms with Crippen molar-refractivity contribution in [1.82, 2.24) is 29.2 Å². The van der Waals surface area contributed by atoms with Gasteiger partial charge in [0.1, 0.15) is 6.04 Å². The van der Waals surface area contributed by atoms with Crippen LogP contribution in [0.5, 0.6) is 0 Å². The number of benzene rings is 1. The van der Waals surface area contributed by atoms with Crippen LogP contribution in [-0.4, -0.2) is 42.2 Å². The minimum atomic E-state index is -0.310. The summed E-state index contributed by atoms with van der Waals surface area (Å²) in [5.74, 6) is 1.71. The number of likely N-dealkylation sites (N-methyl/N-ethyl adjacent to an activating group) is 1. The summed E-state index contributed by atoms with van der Waals surface area (Å²) in [6, 6.07) is 9.74. The third kappa shape index (κ3) is 2.58. The molecule has 0 saturated carbocycles. The van der Waals surface area contributed by atoms with Crippen molar-refractivity contribution in [3.63, 3.8) is 0 Å². The second-order valence-corrected chi connectivity index (χ2v) is 6.04. The van der Waals surface area contributed by atoms with Crippen LogP contribution in [0.1, 0.15) is 23.3 Å². The van der Waals surface area contributed by atoms with Gasteiger partial charge in [-0.3, -0.25) is 9.36 Å². The zero-order chi connectivity index (χ0) is 16.5. The highest BCUT2D eigenvalue weighted by Crippen LogP contribution is 2.26. The van der Waals surface area contributed by atoms with Gasteiger partial charge < -0.3 is 9.47 Å². The predicted molar refractivity (Wildman–Crippen MR) is 87.0 cm³/mol. The summed E-state index contributed by atoms with van der Waals surface area (Å²) < 4.78 is 3.93. The van der Waals surface area contributed by atoms with Gasteiger partial charge in [-0.1, -0.05) is 30.3 Å². The minimum Gasteiger partial charge on any atom is -0.336 e. The van der Waals surface area contributed by atoms with E-state index in [2.05, 4.69) is 15.2 Å². The average Bonchev–Trinajstić information content (AvgIpc) is 3.23. The smallest absolute Gasteiger partial charge is 0.246 e. The molecule has 0 fully saturated rings. The minimum absolute atomic E-state index is 0.0954. The second kappa shape index (κ2) is 5.92. The number of nitrogens with zero attached hydrogens (tertiary/aromatic N) is 6. The third-order valence-electron chi connectivity index (χ3n) is 4.34. The number of hydrogen-bond donors (Lipinski definition) is 0. The molecule has 1 atom stereocenters. The molecule has 0 N–H and O–H groups in total. The van der Waals surface area contributed by atoms with Gasteiger partial charge in [-0.15, -0.1) is 10.2 Å². The molecule has 7 heteroatoms. The predicted octanol–water partition coefficient (Wildman–Crippen LogP) is 1.28. The fourth-order valence-corrected chi connectivity index (χ4v) is 3.15. The summed E-state index contributed by atoms with van der Waals surface area (Å²) in [5, 5.41) is 8.62. The molecule has 0 bridgehead atoms. The zero-order valence-electron chi connectivity index (χ0n) is 13.4. The van der Waals surface area contributed by atoms with Crippen LogP contribution in [0, 0.1) is 0 Å². The Balaban J connectivity index is 1.71. The van der Waals surface area contributed by atoms with Crippen molar-refractivity contribution in [1.29, 1.82) is 0 Å². The van der Waals surface area contributed by atoms with E-state index in [1.54, 1.807) is 17.4 Å². The Hall–Kier alpha value is -2.96. The molecule has 0 spiro atoms. The highest BCUT2D eigenvalue weighted by molar-refractivity contribution is 5.81. The zero-order valence-corrected chi connectivity index (χ0v) is 13.4. The van der Waals surface area contributed by atoms with E-state index in [-0.39, 0.29) is 11.9 Å². The number of carbonyl (C=O) groups is 1. The summed E-state index contributed by atoms with van der Waals surface area (Å²) in [5.41, 5.74) is 1.12. The van der Waals surface area contributed by atoms with Gasteiger partial charge in [0.25, 0.3) is 0 Å². The monoisotopic (exact) mass is 322 g/mol. The van der Waals surface area contributed by atoms with Crippen molar-refractivity contribution in [3.05, 3.63) is 66.3 Å². The van der Waals surface area contributed by atoms with Crippen LogP contribution in [-0.2, 0) is 24.3 Å². The number of imidazole rings is 1. The highest BCUT2D eigenvalue weighted by Gasteiger charge is 2.34. The Morgan fingerprint density at radius 1 is 1.21 bits per heavy atom. The maximum absolute atomic E-state index is 12.8. The molecule has 3 aromatic rings. The SMILES string of the molecule is CN1Cc2nnc(Cn3ccnc3)n2[C@H](Cc2ccccc2)C1=O.